The van der Waals surface area contributed by atoms with Gasteiger partial charge in [0.2, 0.25) is 5.91 Å². The number of carbonyl (C=O) groups excluding carboxylic acids is 1. The van der Waals surface area contributed by atoms with Crippen molar-refractivity contribution < 1.29 is 4.79 Å². The van der Waals surface area contributed by atoms with E-state index in [-0.39, 0.29) is 18.0 Å². The third-order valence-electron chi connectivity index (χ3n) is 5.11. The Hall–Kier alpha value is -3.70. The average Bonchev–Trinajstić information content (AvgIpc) is 2.82. The van der Waals surface area contributed by atoms with E-state index in [1.165, 1.54) is 17.0 Å². The first-order chi connectivity index (χ1) is 15.6. The summed E-state index contributed by atoms with van der Waals surface area (Å²) in [5.41, 5.74) is 3.11. The van der Waals surface area contributed by atoms with Gasteiger partial charge in [0, 0.05) is 29.7 Å². The lowest BCUT2D eigenvalue weighted by atomic mass is 10.1. The van der Waals surface area contributed by atoms with Crippen molar-refractivity contribution in [2.75, 3.05) is 0 Å². The summed E-state index contributed by atoms with van der Waals surface area (Å²) in [6.45, 7) is 0.839. The van der Waals surface area contributed by atoms with E-state index in [0.717, 1.165) is 16.7 Å². The smallest absolute Gasteiger partial charge is 0.254 e. The van der Waals surface area contributed by atoms with Crippen molar-refractivity contribution >= 4 is 17.5 Å². The summed E-state index contributed by atoms with van der Waals surface area (Å²) in [7, 11) is 0. The number of nitrogens with zero attached hydrogens (tertiary/aromatic N) is 3. The Bertz CT molecular complexity index is 1200. The second-order valence-corrected chi connectivity index (χ2v) is 7.90. The molecular formula is C26H22ClN3O2. The van der Waals surface area contributed by atoms with Gasteiger partial charge < -0.3 is 4.90 Å². The highest BCUT2D eigenvalue weighted by atomic mass is 35.5. The topological polar surface area (TPSA) is 55.2 Å². The van der Waals surface area contributed by atoms with Gasteiger partial charge in [-0.1, -0.05) is 84.4 Å². The molecule has 5 nitrogen and oxygen atoms in total. The van der Waals surface area contributed by atoms with Crippen LogP contribution in [0.15, 0.2) is 102 Å². The number of halogens is 1. The first-order valence-corrected chi connectivity index (χ1v) is 10.6. The van der Waals surface area contributed by atoms with Crippen molar-refractivity contribution in [3.63, 3.8) is 0 Å². The maximum atomic E-state index is 13.2. The number of aromatic nitrogens is 2. The van der Waals surface area contributed by atoms with Crippen LogP contribution in [0, 0.1) is 0 Å². The molecule has 0 aliphatic rings. The van der Waals surface area contributed by atoms with Gasteiger partial charge in [-0.05, 0) is 23.3 Å². The van der Waals surface area contributed by atoms with Crippen LogP contribution in [-0.2, 0) is 24.4 Å². The molecule has 0 N–H and O–H groups in total. The minimum absolute atomic E-state index is 0.0770. The van der Waals surface area contributed by atoms with Gasteiger partial charge in [0.15, 0.2) is 0 Å². The van der Waals surface area contributed by atoms with Crippen LogP contribution in [0.1, 0.15) is 11.1 Å². The summed E-state index contributed by atoms with van der Waals surface area (Å²) in [5, 5.41) is 0.615. The molecule has 0 aliphatic carbocycles. The number of hydrogen-bond donors (Lipinski definition) is 0. The van der Waals surface area contributed by atoms with Gasteiger partial charge in [-0.25, -0.2) is 4.98 Å². The van der Waals surface area contributed by atoms with Crippen molar-refractivity contribution in [1.29, 1.82) is 0 Å². The van der Waals surface area contributed by atoms with Crippen LogP contribution in [-0.4, -0.2) is 20.4 Å². The standard InChI is InChI=1S/C26H22ClN3O2/c27-23-13-11-22(12-14-23)24-15-25(31)30(19-28-24)18-26(32)29(16-20-7-3-1-4-8-20)17-21-9-5-2-6-10-21/h1-15,19H,16-18H2. The second kappa shape index (κ2) is 10.1. The number of amides is 1. The highest BCUT2D eigenvalue weighted by Gasteiger charge is 2.16. The molecule has 0 radical (unpaired) electrons. The molecule has 32 heavy (non-hydrogen) atoms. The summed E-state index contributed by atoms with van der Waals surface area (Å²) in [6, 6.07) is 28.2. The highest BCUT2D eigenvalue weighted by Crippen LogP contribution is 2.18. The fraction of sp³-hybridized carbons (Fsp3) is 0.115. The minimum atomic E-state index is -0.280. The van der Waals surface area contributed by atoms with E-state index in [1.807, 2.05) is 60.7 Å². The molecule has 0 atom stereocenters. The zero-order valence-electron chi connectivity index (χ0n) is 17.4. The van der Waals surface area contributed by atoms with Crippen molar-refractivity contribution in [2.24, 2.45) is 0 Å². The van der Waals surface area contributed by atoms with Crippen molar-refractivity contribution in [2.45, 2.75) is 19.6 Å². The molecule has 1 heterocycles. The number of rotatable bonds is 7. The van der Waals surface area contributed by atoms with Crippen LogP contribution < -0.4 is 5.56 Å². The normalized spacial score (nSPS) is 10.7. The Kier molecular flexibility index (Phi) is 6.78. The number of carbonyl (C=O) groups is 1. The Morgan fingerprint density at radius 1 is 0.844 bits per heavy atom. The van der Waals surface area contributed by atoms with Crippen LogP contribution in [0.5, 0.6) is 0 Å². The predicted octanol–water partition coefficient (Wildman–Crippen LogP) is 4.79. The quantitative estimate of drug-likeness (QED) is 0.412. The van der Waals surface area contributed by atoms with Gasteiger partial charge in [-0.3, -0.25) is 14.2 Å². The van der Waals surface area contributed by atoms with Crippen molar-refractivity contribution in [3.05, 3.63) is 124 Å². The third kappa shape index (κ3) is 5.50. The molecule has 4 rings (SSSR count). The molecule has 4 aromatic rings. The van der Waals surface area contributed by atoms with Gasteiger partial charge in [0.1, 0.15) is 6.54 Å². The Morgan fingerprint density at radius 3 is 1.94 bits per heavy atom. The van der Waals surface area contributed by atoms with Gasteiger partial charge in [0.05, 0.1) is 12.0 Å². The summed E-state index contributed by atoms with van der Waals surface area (Å²) < 4.78 is 1.34. The molecule has 0 saturated heterocycles. The molecule has 0 saturated carbocycles. The summed E-state index contributed by atoms with van der Waals surface area (Å²) in [4.78, 5) is 32.0. The SMILES string of the molecule is O=C(Cn1cnc(-c2ccc(Cl)cc2)cc1=O)N(Cc1ccccc1)Cc1ccccc1. The Balaban J connectivity index is 1.54. The lowest BCUT2D eigenvalue weighted by molar-refractivity contribution is -0.133. The maximum Gasteiger partial charge on any atom is 0.254 e. The number of benzene rings is 3. The zero-order chi connectivity index (χ0) is 22.3. The van der Waals surface area contributed by atoms with Crippen LogP contribution in [0.25, 0.3) is 11.3 Å². The molecule has 1 aromatic heterocycles. The van der Waals surface area contributed by atoms with Gasteiger partial charge >= 0.3 is 0 Å². The minimum Gasteiger partial charge on any atom is -0.332 e. The van der Waals surface area contributed by atoms with Crippen molar-refractivity contribution in [1.82, 2.24) is 14.5 Å². The molecule has 0 fully saturated rings. The monoisotopic (exact) mass is 443 g/mol. The lowest BCUT2D eigenvalue weighted by Gasteiger charge is -2.23. The van der Waals surface area contributed by atoms with Crippen LogP contribution in [0.3, 0.4) is 0 Å². The van der Waals surface area contributed by atoms with E-state index >= 15 is 0 Å². The van der Waals surface area contributed by atoms with Crippen LogP contribution in [0.4, 0.5) is 0 Å². The second-order valence-electron chi connectivity index (χ2n) is 7.47. The molecule has 160 valence electrons. The van der Waals surface area contributed by atoms with Crippen molar-refractivity contribution in [3.8, 4) is 11.3 Å². The van der Waals surface area contributed by atoms with E-state index in [0.29, 0.717) is 23.8 Å². The van der Waals surface area contributed by atoms with E-state index < -0.39 is 0 Å². The third-order valence-corrected chi connectivity index (χ3v) is 5.36. The predicted molar refractivity (Wildman–Crippen MR) is 126 cm³/mol. The molecule has 0 spiro atoms. The average molecular weight is 444 g/mol. The molecule has 0 unspecified atom stereocenters. The van der Waals surface area contributed by atoms with Crippen LogP contribution in [0.2, 0.25) is 5.02 Å². The summed E-state index contributed by atoms with van der Waals surface area (Å²) in [5.74, 6) is -0.152. The van der Waals surface area contributed by atoms with Gasteiger partial charge in [-0.15, -0.1) is 0 Å². The first-order valence-electron chi connectivity index (χ1n) is 10.3. The molecular weight excluding hydrogens is 422 g/mol. The van der Waals surface area contributed by atoms with E-state index in [9.17, 15) is 9.59 Å². The summed E-state index contributed by atoms with van der Waals surface area (Å²) in [6.07, 6.45) is 1.42. The molecule has 0 bridgehead atoms. The Morgan fingerprint density at radius 2 is 1.41 bits per heavy atom. The van der Waals surface area contributed by atoms with Crippen LogP contribution >= 0.6 is 11.6 Å². The zero-order valence-corrected chi connectivity index (χ0v) is 18.2. The number of hydrogen-bond acceptors (Lipinski definition) is 3. The van der Waals surface area contributed by atoms with E-state index in [4.69, 9.17) is 11.6 Å². The van der Waals surface area contributed by atoms with E-state index in [2.05, 4.69) is 4.98 Å². The van der Waals surface area contributed by atoms with Gasteiger partial charge in [0.25, 0.3) is 5.56 Å². The Labute approximate surface area is 191 Å². The maximum absolute atomic E-state index is 13.2. The highest BCUT2D eigenvalue weighted by molar-refractivity contribution is 6.30. The molecule has 3 aromatic carbocycles. The lowest BCUT2D eigenvalue weighted by Crippen LogP contribution is -2.35. The molecule has 0 aliphatic heterocycles. The fourth-order valence-corrected chi connectivity index (χ4v) is 3.53. The van der Waals surface area contributed by atoms with E-state index in [1.54, 1.807) is 29.2 Å². The van der Waals surface area contributed by atoms with Gasteiger partial charge in [-0.2, -0.15) is 0 Å². The summed E-state index contributed by atoms with van der Waals surface area (Å²) >= 11 is 5.93. The largest absolute Gasteiger partial charge is 0.332 e. The fourth-order valence-electron chi connectivity index (χ4n) is 3.41. The molecule has 1 amide bonds. The molecule has 6 heteroatoms. The first kappa shape index (κ1) is 21.5.